The van der Waals surface area contributed by atoms with Crippen molar-refractivity contribution in [3.63, 3.8) is 0 Å². The fourth-order valence-electron chi connectivity index (χ4n) is 2.38. The van der Waals surface area contributed by atoms with Gasteiger partial charge in [0.1, 0.15) is 5.75 Å². The third-order valence-corrected chi connectivity index (χ3v) is 4.15. The van der Waals surface area contributed by atoms with E-state index in [0.29, 0.717) is 0 Å². The molecule has 0 radical (unpaired) electrons. The lowest BCUT2D eigenvalue weighted by Gasteiger charge is -2.11. The highest BCUT2D eigenvalue weighted by molar-refractivity contribution is 9.10. The van der Waals surface area contributed by atoms with Gasteiger partial charge in [0.25, 0.3) is 0 Å². The van der Waals surface area contributed by atoms with Crippen molar-refractivity contribution in [3.8, 4) is 5.75 Å². The Labute approximate surface area is 150 Å². The van der Waals surface area contributed by atoms with Gasteiger partial charge in [-0.1, -0.05) is 28.8 Å². The minimum Gasteiger partial charge on any atom is -0.494 e. The van der Waals surface area contributed by atoms with Gasteiger partial charge in [0.2, 0.25) is 0 Å². The van der Waals surface area contributed by atoms with Crippen molar-refractivity contribution in [2.75, 3.05) is 13.2 Å². The monoisotopic (exact) mass is 401 g/mol. The molecule has 0 unspecified atom stereocenters. The Bertz CT molecular complexity index is 488. The van der Waals surface area contributed by atoms with Gasteiger partial charge in [0, 0.05) is 10.5 Å². The van der Waals surface area contributed by atoms with Crippen molar-refractivity contribution in [3.05, 3.63) is 28.7 Å². The van der Waals surface area contributed by atoms with Crippen LogP contribution >= 0.6 is 15.9 Å². The normalized spacial score (nSPS) is 13.9. The molecule has 1 aliphatic rings. The highest BCUT2D eigenvalue weighted by Crippen LogP contribution is 2.18. The van der Waals surface area contributed by atoms with Crippen molar-refractivity contribution in [1.29, 1.82) is 0 Å². The molecule has 0 bridgehead atoms. The summed E-state index contributed by atoms with van der Waals surface area (Å²) in [5.41, 5.74) is 0. The van der Waals surface area contributed by atoms with Crippen molar-refractivity contribution < 1.29 is 24.5 Å². The molecule has 0 heterocycles. The number of aliphatic carboxylic acids is 2. The van der Waals surface area contributed by atoms with Crippen LogP contribution in [0.25, 0.3) is 0 Å². The zero-order valence-corrected chi connectivity index (χ0v) is 15.1. The number of hydrogen-bond donors (Lipinski definition) is 3. The van der Waals surface area contributed by atoms with Crippen molar-refractivity contribution >= 4 is 27.9 Å². The summed E-state index contributed by atoms with van der Waals surface area (Å²) >= 11 is 3.42. The molecule has 1 aliphatic carbocycles. The van der Waals surface area contributed by atoms with Gasteiger partial charge in [-0.2, -0.15) is 0 Å². The minimum absolute atomic E-state index is 0.789. The van der Waals surface area contributed by atoms with Gasteiger partial charge in [0.05, 0.1) is 6.61 Å². The third kappa shape index (κ3) is 9.52. The van der Waals surface area contributed by atoms with Gasteiger partial charge in [-0.15, -0.1) is 0 Å². The van der Waals surface area contributed by atoms with E-state index >= 15 is 0 Å². The zero-order chi connectivity index (χ0) is 17.8. The quantitative estimate of drug-likeness (QED) is 0.479. The number of halogens is 1. The van der Waals surface area contributed by atoms with Crippen molar-refractivity contribution in [2.24, 2.45) is 0 Å². The lowest BCUT2D eigenvalue weighted by atomic mass is 10.2. The van der Waals surface area contributed by atoms with Crippen molar-refractivity contribution in [2.45, 2.75) is 44.6 Å². The summed E-state index contributed by atoms with van der Waals surface area (Å²) in [6.07, 6.45) is 7.88. The Kier molecular flexibility index (Phi) is 10.1. The van der Waals surface area contributed by atoms with Gasteiger partial charge in [-0.05, 0) is 56.5 Å². The Balaban J connectivity index is 0.000000413. The fraction of sp³-hybridized carbons (Fsp3) is 0.529. The van der Waals surface area contributed by atoms with Crippen LogP contribution in [-0.2, 0) is 9.59 Å². The van der Waals surface area contributed by atoms with E-state index in [-0.39, 0.29) is 0 Å². The lowest BCUT2D eigenvalue weighted by Crippen LogP contribution is -2.27. The second kappa shape index (κ2) is 11.9. The molecule has 6 nitrogen and oxygen atoms in total. The number of carboxylic acid groups (broad SMARTS) is 2. The summed E-state index contributed by atoms with van der Waals surface area (Å²) in [5, 5.41) is 18.4. The lowest BCUT2D eigenvalue weighted by molar-refractivity contribution is -0.159. The summed E-state index contributed by atoms with van der Waals surface area (Å²) in [6.45, 7) is 1.95. The first kappa shape index (κ1) is 20.4. The Morgan fingerprint density at radius 1 is 1.08 bits per heavy atom. The van der Waals surface area contributed by atoms with Gasteiger partial charge in [-0.3, -0.25) is 0 Å². The summed E-state index contributed by atoms with van der Waals surface area (Å²) in [4.78, 5) is 18.2. The smallest absolute Gasteiger partial charge is 0.414 e. The van der Waals surface area contributed by atoms with Crippen molar-refractivity contribution in [1.82, 2.24) is 5.32 Å². The molecule has 0 amide bonds. The van der Waals surface area contributed by atoms with Crippen LogP contribution in [0.3, 0.4) is 0 Å². The maximum atomic E-state index is 9.10. The van der Waals surface area contributed by atoms with Gasteiger partial charge < -0.3 is 20.3 Å². The zero-order valence-electron chi connectivity index (χ0n) is 13.5. The maximum absolute atomic E-state index is 9.10. The number of nitrogens with one attached hydrogen (secondary N) is 1. The first-order valence-electron chi connectivity index (χ1n) is 8.07. The largest absolute Gasteiger partial charge is 0.494 e. The summed E-state index contributed by atoms with van der Waals surface area (Å²) in [7, 11) is 0. The van der Waals surface area contributed by atoms with Gasteiger partial charge in [0.15, 0.2) is 0 Å². The molecule has 1 aromatic rings. The molecular formula is C17H24BrNO5. The van der Waals surface area contributed by atoms with E-state index in [2.05, 4.69) is 21.2 Å². The van der Waals surface area contributed by atoms with Gasteiger partial charge >= 0.3 is 11.9 Å². The topological polar surface area (TPSA) is 95.9 Å². The third-order valence-electron chi connectivity index (χ3n) is 3.62. The summed E-state index contributed by atoms with van der Waals surface area (Å²) in [6, 6.07) is 8.81. The van der Waals surface area contributed by atoms with E-state index in [1.54, 1.807) is 0 Å². The summed E-state index contributed by atoms with van der Waals surface area (Å²) < 4.78 is 6.78. The standard InChI is InChI=1S/C15H22BrNO.C2H2O4/c16-13-7-9-15(10-8-13)18-12-4-3-11-17-14-5-1-2-6-14;3-1(4)2(5)6/h7-10,14,17H,1-6,11-12H2;(H,3,4)(H,5,6). The van der Waals surface area contributed by atoms with Crippen LogP contribution in [-0.4, -0.2) is 41.3 Å². The molecule has 1 saturated carbocycles. The number of carboxylic acids is 2. The Morgan fingerprint density at radius 3 is 2.21 bits per heavy atom. The molecule has 134 valence electrons. The highest BCUT2D eigenvalue weighted by Gasteiger charge is 2.12. The molecule has 0 saturated heterocycles. The number of rotatable bonds is 7. The van der Waals surface area contributed by atoms with Crippen LogP contribution in [0.15, 0.2) is 28.7 Å². The molecular weight excluding hydrogens is 378 g/mol. The molecule has 24 heavy (non-hydrogen) atoms. The second-order valence-electron chi connectivity index (χ2n) is 5.56. The molecule has 3 N–H and O–H groups in total. The molecule has 0 aliphatic heterocycles. The second-order valence-corrected chi connectivity index (χ2v) is 6.47. The van der Waals surface area contributed by atoms with Crippen LogP contribution in [0.1, 0.15) is 38.5 Å². The van der Waals surface area contributed by atoms with E-state index in [4.69, 9.17) is 24.5 Å². The molecule has 0 atom stereocenters. The number of benzene rings is 1. The molecule has 2 rings (SSSR count). The Hall–Kier alpha value is -1.60. The first-order chi connectivity index (χ1) is 11.5. The highest BCUT2D eigenvalue weighted by atomic mass is 79.9. The SMILES string of the molecule is Brc1ccc(OCCCCNC2CCCC2)cc1.O=C(O)C(=O)O. The van der Waals surface area contributed by atoms with E-state index in [1.165, 1.54) is 32.1 Å². The van der Waals surface area contributed by atoms with Crippen LogP contribution in [0, 0.1) is 0 Å². The van der Waals surface area contributed by atoms with Gasteiger partial charge in [-0.25, -0.2) is 9.59 Å². The van der Waals surface area contributed by atoms with E-state index in [0.717, 1.165) is 35.8 Å². The maximum Gasteiger partial charge on any atom is 0.414 e. The molecule has 1 aromatic carbocycles. The average molecular weight is 402 g/mol. The summed E-state index contributed by atoms with van der Waals surface area (Å²) in [5.74, 6) is -2.69. The molecule has 1 fully saturated rings. The molecule has 7 heteroatoms. The number of hydrogen-bond acceptors (Lipinski definition) is 4. The van der Waals surface area contributed by atoms with Crippen LogP contribution in [0.2, 0.25) is 0 Å². The van der Waals surface area contributed by atoms with Crippen LogP contribution < -0.4 is 10.1 Å². The fourth-order valence-corrected chi connectivity index (χ4v) is 2.65. The number of carbonyl (C=O) groups is 2. The predicted molar refractivity (Wildman–Crippen MR) is 94.4 cm³/mol. The Morgan fingerprint density at radius 2 is 1.67 bits per heavy atom. The van der Waals surface area contributed by atoms with E-state index in [9.17, 15) is 0 Å². The first-order valence-corrected chi connectivity index (χ1v) is 8.86. The number of unbranched alkanes of at least 4 members (excludes halogenated alkanes) is 1. The predicted octanol–water partition coefficient (Wildman–Crippen LogP) is 3.30. The van der Waals surface area contributed by atoms with Crippen LogP contribution in [0.5, 0.6) is 5.75 Å². The minimum atomic E-state index is -1.82. The van der Waals surface area contributed by atoms with Crippen LogP contribution in [0.4, 0.5) is 0 Å². The van der Waals surface area contributed by atoms with E-state index < -0.39 is 11.9 Å². The number of ether oxygens (including phenoxy) is 1. The average Bonchev–Trinajstić information content (AvgIpc) is 3.06. The van der Waals surface area contributed by atoms with E-state index in [1.807, 2.05) is 24.3 Å². The molecule has 0 aromatic heterocycles. The molecule has 0 spiro atoms.